The van der Waals surface area contributed by atoms with Crippen molar-refractivity contribution in [3.8, 4) is 0 Å². The number of carboxylic acids is 1. The van der Waals surface area contributed by atoms with E-state index < -0.39 is 10.9 Å². The number of benzene rings is 1. The number of anilines is 1. The Hall–Kier alpha value is -2.64. The second-order valence-electron chi connectivity index (χ2n) is 4.65. The zero-order valence-corrected chi connectivity index (χ0v) is 11.8. The number of carbonyl (C=O) groups is 2. The molecule has 1 aromatic rings. The minimum Gasteiger partial charge on any atom is -0.481 e. The fourth-order valence-corrected chi connectivity index (χ4v) is 1.78. The molecule has 1 rings (SSSR count). The molecular weight excluding hydrogens is 278 g/mol. The van der Waals surface area contributed by atoms with E-state index in [9.17, 15) is 19.7 Å². The third-order valence-electron chi connectivity index (χ3n) is 2.85. The van der Waals surface area contributed by atoms with E-state index in [1.165, 1.54) is 25.2 Å². The molecular formula is C13H17N3O5. The van der Waals surface area contributed by atoms with Crippen LogP contribution in [0.15, 0.2) is 18.2 Å². The van der Waals surface area contributed by atoms with E-state index in [1.54, 1.807) is 6.92 Å². The van der Waals surface area contributed by atoms with Crippen molar-refractivity contribution in [2.24, 2.45) is 5.92 Å². The van der Waals surface area contributed by atoms with Gasteiger partial charge < -0.3 is 15.7 Å². The van der Waals surface area contributed by atoms with Gasteiger partial charge in [0.15, 0.2) is 0 Å². The average Bonchev–Trinajstić information content (AvgIpc) is 2.43. The van der Waals surface area contributed by atoms with E-state index in [4.69, 9.17) is 5.11 Å². The normalized spacial score (nSPS) is 11.5. The number of hydrogen-bond acceptors (Lipinski definition) is 5. The van der Waals surface area contributed by atoms with Crippen molar-refractivity contribution < 1.29 is 19.6 Å². The maximum atomic E-state index is 11.5. The third-order valence-corrected chi connectivity index (χ3v) is 2.85. The number of nitrogens with one attached hydrogen (secondary N) is 2. The predicted octanol–water partition coefficient (Wildman–Crippen LogP) is 1.48. The van der Waals surface area contributed by atoms with Gasteiger partial charge in [0.05, 0.1) is 4.92 Å². The van der Waals surface area contributed by atoms with Crippen LogP contribution in [0.3, 0.4) is 0 Å². The number of rotatable bonds is 7. The minimum atomic E-state index is -0.932. The number of nitro benzene ring substituents is 1. The molecule has 1 unspecified atom stereocenters. The van der Waals surface area contributed by atoms with Gasteiger partial charge in [0.2, 0.25) is 0 Å². The second-order valence-corrected chi connectivity index (χ2v) is 4.65. The standard InChI is InChI=1S/C13H17N3O5/c1-8(5-12(17)18)7-15-10-6-9(13(19)14-2)3-4-11(10)16(20)21/h3-4,6,8,15H,5,7H2,1-2H3,(H,14,19)(H,17,18). The molecule has 1 amide bonds. The molecule has 1 aromatic carbocycles. The first-order valence-corrected chi connectivity index (χ1v) is 6.31. The fraction of sp³-hybridized carbons (Fsp3) is 0.385. The number of nitro groups is 1. The van der Waals surface area contributed by atoms with Crippen molar-refractivity contribution in [2.75, 3.05) is 18.9 Å². The van der Waals surface area contributed by atoms with E-state index in [-0.39, 0.29) is 41.7 Å². The first-order chi connectivity index (χ1) is 9.85. The van der Waals surface area contributed by atoms with E-state index in [2.05, 4.69) is 10.6 Å². The fourth-order valence-electron chi connectivity index (χ4n) is 1.78. The molecule has 0 spiro atoms. The summed E-state index contributed by atoms with van der Waals surface area (Å²) in [6.07, 6.45) is -0.0457. The van der Waals surface area contributed by atoms with Crippen LogP contribution in [0.2, 0.25) is 0 Å². The van der Waals surface area contributed by atoms with Gasteiger partial charge in [-0.05, 0) is 18.1 Å². The van der Waals surface area contributed by atoms with Crippen LogP contribution >= 0.6 is 0 Å². The summed E-state index contributed by atoms with van der Waals surface area (Å²) in [5, 5.41) is 24.9. The molecule has 8 nitrogen and oxygen atoms in total. The maximum absolute atomic E-state index is 11.5. The average molecular weight is 295 g/mol. The highest BCUT2D eigenvalue weighted by Crippen LogP contribution is 2.26. The zero-order valence-electron chi connectivity index (χ0n) is 11.8. The third kappa shape index (κ3) is 4.75. The van der Waals surface area contributed by atoms with Gasteiger partial charge >= 0.3 is 5.97 Å². The van der Waals surface area contributed by atoms with Crippen LogP contribution in [-0.4, -0.2) is 35.5 Å². The Morgan fingerprint density at radius 1 is 1.43 bits per heavy atom. The van der Waals surface area contributed by atoms with Crippen molar-refractivity contribution >= 4 is 23.3 Å². The van der Waals surface area contributed by atoms with E-state index >= 15 is 0 Å². The largest absolute Gasteiger partial charge is 0.481 e. The molecule has 3 N–H and O–H groups in total. The summed E-state index contributed by atoms with van der Waals surface area (Å²) in [6.45, 7) is 1.97. The van der Waals surface area contributed by atoms with Crippen LogP contribution in [0, 0.1) is 16.0 Å². The molecule has 0 aliphatic carbocycles. The lowest BCUT2D eigenvalue weighted by Gasteiger charge is -2.12. The van der Waals surface area contributed by atoms with E-state index in [0.29, 0.717) is 0 Å². The minimum absolute atomic E-state index is 0.0457. The van der Waals surface area contributed by atoms with Gasteiger partial charge in [0, 0.05) is 31.6 Å². The summed E-state index contributed by atoms with van der Waals surface area (Å²) >= 11 is 0. The first kappa shape index (κ1) is 16.4. The molecule has 0 bridgehead atoms. The summed E-state index contributed by atoms with van der Waals surface area (Å²) in [6, 6.07) is 3.99. The number of nitrogens with zero attached hydrogens (tertiary/aromatic N) is 1. The Morgan fingerprint density at radius 3 is 2.62 bits per heavy atom. The monoisotopic (exact) mass is 295 g/mol. The number of hydrogen-bond donors (Lipinski definition) is 3. The Morgan fingerprint density at radius 2 is 2.10 bits per heavy atom. The molecule has 0 aromatic heterocycles. The SMILES string of the molecule is CNC(=O)c1ccc([N+](=O)[O-])c(NCC(C)CC(=O)O)c1. The van der Waals surface area contributed by atoms with Gasteiger partial charge in [-0.15, -0.1) is 0 Å². The molecule has 0 aliphatic rings. The molecule has 114 valence electrons. The van der Waals surface area contributed by atoms with Crippen molar-refractivity contribution in [3.63, 3.8) is 0 Å². The van der Waals surface area contributed by atoms with Gasteiger partial charge in [0.25, 0.3) is 11.6 Å². The number of aliphatic carboxylic acids is 1. The smallest absolute Gasteiger partial charge is 0.303 e. The molecule has 0 saturated carbocycles. The Kier molecular flexibility index (Phi) is 5.65. The van der Waals surface area contributed by atoms with Crippen molar-refractivity contribution in [3.05, 3.63) is 33.9 Å². The molecule has 0 radical (unpaired) electrons. The topological polar surface area (TPSA) is 122 Å². The van der Waals surface area contributed by atoms with E-state index in [0.717, 1.165) is 0 Å². The number of amides is 1. The summed E-state index contributed by atoms with van der Waals surface area (Å²) < 4.78 is 0. The number of carbonyl (C=O) groups excluding carboxylic acids is 1. The summed E-state index contributed by atoms with van der Waals surface area (Å²) in [5.74, 6) is -1.49. The van der Waals surface area contributed by atoms with Crippen LogP contribution in [0.25, 0.3) is 0 Å². The summed E-state index contributed by atoms with van der Waals surface area (Å²) in [4.78, 5) is 32.5. The van der Waals surface area contributed by atoms with E-state index in [1.807, 2.05) is 0 Å². The lowest BCUT2D eigenvalue weighted by molar-refractivity contribution is -0.384. The van der Waals surface area contributed by atoms with Crippen LogP contribution in [0.4, 0.5) is 11.4 Å². The second kappa shape index (κ2) is 7.22. The van der Waals surface area contributed by atoms with Crippen molar-refractivity contribution in [1.82, 2.24) is 5.32 Å². The molecule has 21 heavy (non-hydrogen) atoms. The predicted molar refractivity (Wildman–Crippen MR) is 76.4 cm³/mol. The highest BCUT2D eigenvalue weighted by atomic mass is 16.6. The number of carboxylic acid groups (broad SMARTS) is 1. The lowest BCUT2D eigenvalue weighted by Crippen LogP contribution is -2.19. The Labute approximate surface area is 121 Å². The molecule has 1 atom stereocenters. The van der Waals surface area contributed by atoms with Gasteiger partial charge in [-0.3, -0.25) is 19.7 Å². The van der Waals surface area contributed by atoms with Crippen molar-refractivity contribution in [1.29, 1.82) is 0 Å². The summed E-state index contributed by atoms with van der Waals surface area (Å²) in [5.41, 5.74) is 0.319. The lowest BCUT2D eigenvalue weighted by atomic mass is 10.1. The highest BCUT2D eigenvalue weighted by molar-refractivity contribution is 5.95. The van der Waals surface area contributed by atoms with Gasteiger partial charge in [-0.2, -0.15) is 0 Å². The van der Waals surface area contributed by atoms with Gasteiger partial charge in [-0.25, -0.2) is 0 Å². The van der Waals surface area contributed by atoms with Gasteiger partial charge in [0.1, 0.15) is 5.69 Å². The Bertz CT molecular complexity index is 559. The van der Waals surface area contributed by atoms with Crippen LogP contribution in [0.1, 0.15) is 23.7 Å². The molecule has 0 saturated heterocycles. The molecule has 0 fully saturated rings. The van der Waals surface area contributed by atoms with Crippen LogP contribution in [0.5, 0.6) is 0 Å². The highest BCUT2D eigenvalue weighted by Gasteiger charge is 2.17. The van der Waals surface area contributed by atoms with Crippen molar-refractivity contribution in [2.45, 2.75) is 13.3 Å². The summed E-state index contributed by atoms with van der Waals surface area (Å²) in [7, 11) is 1.46. The Balaban J connectivity index is 2.93. The maximum Gasteiger partial charge on any atom is 0.303 e. The molecule has 0 aliphatic heterocycles. The van der Waals surface area contributed by atoms with Crippen LogP contribution in [-0.2, 0) is 4.79 Å². The van der Waals surface area contributed by atoms with Crippen LogP contribution < -0.4 is 10.6 Å². The first-order valence-electron chi connectivity index (χ1n) is 6.31. The molecule has 0 heterocycles. The zero-order chi connectivity index (χ0) is 16.0. The molecule has 8 heteroatoms. The quantitative estimate of drug-likeness (QED) is 0.517. The van der Waals surface area contributed by atoms with Gasteiger partial charge in [-0.1, -0.05) is 6.92 Å².